The molecule has 64 heavy (non-hydrogen) atoms. The molecule has 5 heteroatoms. The average Bonchev–Trinajstić information content (AvgIpc) is 4.08. The minimum absolute atomic E-state index is 0.583. The van der Waals surface area contributed by atoms with E-state index in [1.54, 1.807) is 11.3 Å². The van der Waals surface area contributed by atoms with Crippen LogP contribution < -0.4 is 4.90 Å². The minimum Gasteiger partial charge on any atom is -0.456 e. The maximum atomic E-state index is 6.90. The maximum Gasteiger partial charge on any atom is 0.227 e. The molecule has 0 N–H and O–H groups in total. The summed E-state index contributed by atoms with van der Waals surface area (Å²) < 4.78 is 15.5. The van der Waals surface area contributed by atoms with Crippen molar-refractivity contribution < 1.29 is 8.83 Å². The molecule has 0 fully saturated rings. The second-order valence-electron chi connectivity index (χ2n) is 16.3. The van der Waals surface area contributed by atoms with E-state index in [1.807, 2.05) is 30.3 Å². The van der Waals surface area contributed by atoms with E-state index in [0.29, 0.717) is 5.89 Å². The summed E-state index contributed by atoms with van der Waals surface area (Å²) in [6, 6.07) is 77.6. The number of fused-ring (bicyclic) bond motifs is 9. The molecular formula is C59H36N2O2S. The van der Waals surface area contributed by atoms with E-state index in [4.69, 9.17) is 13.8 Å². The molecule has 0 aliphatic heterocycles. The van der Waals surface area contributed by atoms with E-state index in [2.05, 4.69) is 193 Å². The van der Waals surface area contributed by atoms with Crippen LogP contribution >= 0.6 is 11.3 Å². The number of hydrogen-bond acceptors (Lipinski definition) is 5. The highest BCUT2D eigenvalue weighted by molar-refractivity contribution is 7.26. The molecule has 10 aromatic carbocycles. The van der Waals surface area contributed by atoms with E-state index in [9.17, 15) is 0 Å². The molecule has 0 saturated heterocycles. The van der Waals surface area contributed by atoms with Crippen LogP contribution in [0.1, 0.15) is 0 Å². The lowest BCUT2D eigenvalue weighted by molar-refractivity contribution is 0.621. The Balaban J connectivity index is 0.939. The Morgan fingerprint density at radius 2 is 1.02 bits per heavy atom. The molecule has 0 spiro atoms. The molecule has 13 aromatic rings. The standard InChI is InChI=1S/C59H36N2O2S/c1-2-11-37(12-3-1)42-15-10-16-47(34-42)61(45-28-23-39(24-29-45)43-22-21-38-13-4-5-14-41(38)33-43)46-30-25-40(26-31-46)50-36-55-56(49-18-7-9-20-54(49)64-55)57-58(50)63-59(60-57)44-27-32-53-51(35-44)48-17-6-8-19-52(48)62-53/h1-36H. The number of benzene rings is 10. The van der Waals surface area contributed by atoms with E-state index in [1.165, 1.54) is 42.2 Å². The summed E-state index contributed by atoms with van der Waals surface area (Å²) in [4.78, 5) is 7.63. The van der Waals surface area contributed by atoms with Crippen LogP contribution in [0.3, 0.4) is 0 Å². The third-order valence-electron chi connectivity index (χ3n) is 12.5. The molecule has 0 atom stereocenters. The van der Waals surface area contributed by atoms with Gasteiger partial charge < -0.3 is 13.7 Å². The van der Waals surface area contributed by atoms with Crippen molar-refractivity contribution in [2.45, 2.75) is 0 Å². The van der Waals surface area contributed by atoms with Crippen molar-refractivity contribution in [1.82, 2.24) is 4.98 Å². The molecule has 0 unspecified atom stereocenters. The number of oxazole rings is 1. The molecule has 4 nitrogen and oxygen atoms in total. The average molecular weight is 837 g/mol. The van der Waals surface area contributed by atoms with E-state index in [0.717, 1.165) is 77.7 Å². The fraction of sp³-hybridized carbons (Fsp3) is 0. The first-order valence-corrected chi connectivity index (χ1v) is 22.3. The van der Waals surface area contributed by atoms with Gasteiger partial charge in [-0.2, -0.15) is 0 Å². The number of rotatable bonds is 7. The Hall–Kier alpha value is -8.25. The van der Waals surface area contributed by atoms with Crippen LogP contribution in [0, 0.1) is 0 Å². The summed E-state index contributed by atoms with van der Waals surface area (Å²) in [5.74, 6) is 0.583. The van der Waals surface area contributed by atoms with Gasteiger partial charge in [0.1, 0.15) is 16.7 Å². The van der Waals surface area contributed by atoms with Crippen LogP contribution in [0.25, 0.3) is 109 Å². The minimum atomic E-state index is 0.583. The number of aromatic nitrogens is 1. The van der Waals surface area contributed by atoms with Crippen LogP contribution in [0.4, 0.5) is 17.1 Å². The second-order valence-corrected chi connectivity index (χ2v) is 17.4. The SMILES string of the molecule is c1ccc(-c2cccc(N(c3ccc(-c4ccc5ccccc5c4)cc3)c3ccc(-c4cc5sc6ccccc6c5c5nc(-c6ccc7oc8ccccc8c7c6)oc45)cc3)c2)cc1. The smallest absolute Gasteiger partial charge is 0.227 e. The largest absolute Gasteiger partial charge is 0.456 e. The van der Waals surface area contributed by atoms with Gasteiger partial charge in [-0.1, -0.05) is 140 Å². The topological polar surface area (TPSA) is 42.4 Å². The molecule has 300 valence electrons. The summed E-state index contributed by atoms with van der Waals surface area (Å²) >= 11 is 1.79. The van der Waals surface area contributed by atoms with Gasteiger partial charge in [-0.25, -0.2) is 4.98 Å². The molecule has 0 saturated carbocycles. The number of furan rings is 1. The molecule has 13 rings (SSSR count). The van der Waals surface area contributed by atoms with Crippen LogP contribution in [0.15, 0.2) is 227 Å². The summed E-state index contributed by atoms with van der Waals surface area (Å²) in [7, 11) is 0. The van der Waals surface area contributed by atoms with Gasteiger partial charge in [0.2, 0.25) is 5.89 Å². The zero-order valence-electron chi connectivity index (χ0n) is 34.4. The summed E-state index contributed by atoms with van der Waals surface area (Å²) in [5.41, 5.74) is 14.2. The van der Waals surface area contributed by atoms with Crippen LogP contribution in [0.2, 0.25) is 0 Å². The highest BCUT2D eigenvalue weighted by Gasteiger charge is 2.22. The molecule has 0 bridgehead atoms. The Morgan fingerprint density at radius 3 is 1.86 bits per heavy atom. The van der Waals surface area contributed by atoms with Gasteiger partial charge in [0, 0.05) is 59.1 Å². The maximum absolute atomic E-state index is 6.90. The molecule has 0 aliphatic rings. The quantitative estimate of drug-likeness (QED) is 0.160. The predicted molar refractivity (Wildman–Crippen MR) is 268 cm³/mol. The molecule has 0 aliphatic carbocycles. The van der Waals surface area contributed by atoms with Crippen molar-refractivity contribution >= 4 is 92.4 Å². The summed E-state index contributed by atoms with van der Waals surface area (Å²) in [6.45, 7) is 0. The Kier molecular flexibility index (Phi) is 8.36. The third kappa shape index (κ3) is 6.09. The fourth-order valence-electron chi connectivity index (χ4n) is 9.34. The molecule has 3 heterocycles. The van der Waals surface area contributed by atoms with E-state index in [-0.39, 0.29) is 0 Å². The first-order valence-electron chi connectivity index (χ1n) is 21.5. The second kappa shape index (κ2) is 14.7. The van der Waals surface area contributed by atoms with Gasteiger partial charge in [-0.05, 0) is 117 Å². The van der Waals surface area contributed by atoms with Gasteiger partial charge >= 0.3 is 0 Å². The number of para-hydroxylation sites is 1. The first-order chi connectivity index (χ1) is 31.7. The van der Waals surface area contributed by atoms with E-state index < -0.39 is 0 Å². The van der Waals surface area contributed by atoms with Crippen LogP contribution in [-0.4, -0.2) is 4.98 Å². The Morgan fingerprint density at radius 1 is 0.375 bits per heavy atom. The lowest BCUT2D eigenvalue weighted by Crippen LogP contribution is -2.10. The van der Waals surface area contributed by atoms with Crippen molar-refractivity contribution in [3.63, 3.8) is 0 Å². The van der Waals surface area contributed by atoms with Crippen molar-refractivity contribution in [1.29, 1.82) is 0 Å². The zero-order chi connectivity index (χ0) is 42.1. The van der Waals surface area contributed by atoms with Crippen LogP contribution in [0.5, 0.6) is 0 Å². The number of thiophene rings is 1. The fourth-order valence-corrected chi connectivity index (χ4v) is 10.5. The Bertz CT molecular complexity index is 3900. The summed E-state index contributed by atoms with van der Waals surface area (Å²) in [6.07, 6.45) is 0. The van der Waals surface area contributed by atoms with Gasteiger partial charge in [0.25, 0.3) is 0 Å². The van der Waals surface area contributed by atoms with Crippen LogP contribution in [-0.2, 0) is 0 Å². The molecule has 0 amide bonds. The normalized spacial score (nSPS) is 11.8. The van der Waals surface area contributed by atoms with Crippen molar-refractivity contribution in [3.05, 3.63) is 218 Å². The lowest BCUT2D eigenvalue weighted by Gasteiger charge is -2.26. The monoisotopic (exact) mass is 836 g/mol. The van der Waals surface area contributed by atoms with Gasteiger partial charge in [-0.3, -0.25) is 0 Å². The zero-order valence-corrected chi connectivity index (χ0v) is 35.2. The van der Waals surface area contributed by atoms with Gasteiger partial charge in [-0.15, -0.1) is 11.3 Å². The molecule has 0 radical (unpaired) electrons. The van der Waals surface area contributed by atoms with Crippen molar-refractivity contribution in [3.8, 4) is 44.8 Å². The number of nitrogens with zero attached hydrogens (tertiary/aromatic N) is 2. The van der Waals surface area contributed by atoms with Gasteiger partial charge in [0.05, 0.1) is 0 Å². The molecular weight excluding hydrogens is 801 g/mol. The van der Waals surface area contributed by atoms with E-state index >= 15 is 0 Å². The lowest BCUT2D eigenvalue weighted by atomic mass is 10.00. The highest BCUT2D eigenvalue weighted by Crippen LogP contribution is 2.45. The highest BCUT2D eigenvalue weighted by atomic mass is 32.1. The predicted octanol–water partition coefficient (Wildman–Crippen LogP) is 17.4. The van der Waals surface area contributed by atoms with Gasteiger partial charge in [0.15, 0.2) is 5.58 Å². The Labute approximate surface area is 372 Å². The summed E-state index contributed by atoms with van der Waals surface area (Å²) in [5, 5.41) is 6.90. The van der Waals surface area contributed by atoms with Crippen molar-refractivity contribution in [2.24, 2.45) is 0 Å². The molecule has 3 aromatic heterocycles. The number of anilines is 3. The third-order valence-corrected chi connectivity index (χ3v) is 13.6. The first kappa shape index (κ1) is 36.4. The van der Waals surface area contributed by atoms with Crippen molar-refractivity contribution in [2.75, 3.05) is 4.90 Å². The number of hydrogen-bond donors (Lipinski definition) is 0.